The second-order valence-corrected chi connectivity index (χ2v) is 6.08. The predicted octanol–water partition coefficient (Wildman–Crippen LogP) is 3.30. The number of thiazole rings is 1. The number of nitrogens with one attached hydrogen (secondary N) is 1. The number of benzene rings is 1. The third-order valence-corrected chi connectivity index (χ3v) is 4.41. The largest absolute Gasteiger partial charge is 0.465 e. The Morgan fingerprint density at radius 1 is 1.43 bits per heavy atom. The van der Waals surface area contributed by atoms with Crippen LogP contribution in [0.2, 0.25) is 0 Å². The molecular weight excluding hydrogens is 286 g/mol. The van der Waals surface area contributed by atoms with Crippen molar-refractivity contribution >= 4 is 28.7 Å². The fourth-order valence-corrected chi connectivity index (χ4v) is 3.14. The number of hydrogen-bond acceptors (Lipinski definition) is 6. The summed E-state index contributed by atoms with van der Waals surface area (Å²) in [5.74, 6) is -0.408. The molecule has 2 rings (SSSR count). The average Bonchev–Trinajstić information content (AvgIpc) is 2.78. The van der Waals surface area contributed by atoms with Crippen molar-refractivity contribution in [2.45, 2.75) is 26.8 Å². The highest BCUT2D eigenvalue weighted by Crippen LogP contribution is 2.29. The van der Waals surface area contributed by atoms with Gasteiger partial charge in [0.1, 0.15) is 0 Å². The molecule has 2 aromatic rings. The van der Waals surface area contributed by atoms with Gasteiger partial charge < -0.3 is 15.8 Å². The molecule has 1 atom stereocenters. The minimum atomic E-state index is -0.408. The molecule has 1 aromatic carbocycles. The highest BCUT2D eigenvalue weighted by molar-refractivity contribution is 7.11. The molecule has 0 bridgehead atoms. The number of nitrogen functional groups attached to an aromatic ring is 1. The van der Waals surface area contributed by atoms with Gasteiger partial charge in [-0.3, -0.25) is 0 Å². The monoisotopic (exact) mass is 305 g/mol. The molecule has 1 aromatic heterocycles. The Bertz CT molecular complexity index is 667. The third-order valence-electron chi connectivity index (χ3n) is 3.15. The maximum atomic E-state index is 11.8. The van der Waals surface area contributed by atoms with E-state index in [4.69, 9.17) is 10.5 Å². The molecule has 0 amide bonds. The van der Waals surface area contributed by atoms with Gasteiger partial charge in [-0.2, -0.15) is 0 Å². The highest BCUT2D eigenvalue weighted by atomic mass is 32.1. The Hall–Kier alpha value is -2.08. The second kappa shape index (κ2) is 6.13. The van der Waals surface area contributed by atoms with Crippen molar-refractivity contribution in [1.29, 1.82) is 0 Å². The zero-order chi connectivity index (χ0) is 15.6. The van der Waals surface area contributed by atoms with Gasteiger partial charge in [-0.05, 0) is 39.0 Å². The van der Waals surface area contributed by atoms with Crippen LogP contribution in [0.5, 0.6) is 0 Å². The fraction of sp³-hybridized carbons (Fsp3) is 0.333. The lowest BCUT2D eigenvalue weighted by atomic mass is 10.1. The first-order valence-electron chi connectivity index (χ1n) is 6.60. The maximum Gasteiger partial charge on any atom is 0.340 e. The van der Waals surface area contributed by atoms with E-state index < -0.39 is 5.97 Å². The maximum absolute atomic E-state index is 11.8. The van der Waals surface area contributed by atoms with Crippen LogP contribution in [0.25, 0.3) is 0 Å². The first kappa shape index (κ1) is 15.3. The lowest BCUT2D eigenvalue weighted by Crippen LogP contribution is -2.12. The number of hydrogen-bond donors (Lipinski definition) is 2. The molecule has 0 saturated carbocycles. The number of nitrogens with zero attached hydrogens (tertiary/aromatic N) is 1. The number of aryl methyl sites for hydroxylation is 2. The van der Waals surface area contributed by atoms with Gasteiger partial charge in [0, 0.05) is 16.3 Å². The summed E-state index contributed by atoms with van der Waals surface area (Å²) in [7, 11) is 1.36. The quantitative estimate of drug-likeness (QED) is 0.669. The second-order valence-electron chi connectivity index (χ2n) is 4.85. The van der Waals surface area contributed by atoms with Gasteiger partial charge in [0.25, 0.3) is 0 Å². The minimum Gasteiger partial charge on any atom is -0.465 e. The zero-order valence-electron chi connectivity index (χ0n) is 12.6. The van der Waals surface area contributed by atoms with Crippen molar-refractivity contribution in [3.05, 3.63) is 39.3 Å². The molecule has 0 aliphatic carbocycles. The Labute approximate surface area is 128 Å². The molecule has 0 fully saturated rings. The van der Waals surface area contributed by atoms with Crippen molar-refractivity contribution in [3.63, 3.8) is 0 Å². The van der Waals surface area contributed by atoms with Crippen LogP contribution in [-0.2, 0) is 4.74 Å². The predicted molar refractivity (Wildman–Crippen MR) is 85.8 cm³/mol. The van der Waals surface area contributed by atoms with E-state index in [1.165, 1.54) is 7.11 Å². The molecule has 5 nitrogen and oxygen atoms in total. The summed E-state index contributed by atoms with van der Waals surface area (Å²) in [5.41, 5.74) is 8.42. The van der Waals surface area contributed by atoms with Gasteiger partial charge in [0.05, 0.1) is 29.4 Å². The molecule has 3 N–H and O–H groups in total. The zero-order valence-corrected chi connectivity index (χ0v) is 13.4. The van der Waals surface area contributed by atoms with Gasteiger partial charge in [-0.25, -0.2) is 9.78 Å². The molecular formula is C15H19N3O2S. The molecule has 0 aliphatic heterocycles. The number of ether oxygens (including phenoxy) is 1. The molecule has 6 heteroatoms. The number of rotatable bonds is 4. The van der Waals surface area contributed by atoms with E-state index in [0.717, 1.165) is 15.6 Å². The molecule has 0 saturated heterocycles. The van der Waals surface area contributed by atoms with Crippen LogP contribution in [0.15, 0.2) is 18.2 Å². The van der Waals surface area contributed by atoms with Crippen LogP contribution in [-0.4, -0.2) is 18.1 Å². The lowest BCUT2D eigenvalue weighted by Gasteiger charge is -2.17. The van der Waals surface area contributed by atoms with Crippen molar-refractivity contribution < 1.29 is 9.53 Å². The summed E-state index contributed by atoms with van der Waals surface area (Å²) in [6.45, 7) is 6.01. The molecule has 1 unspecified atom stereocenters. The number of methoxy groups -OCH3 is 1. The van der Waals surface area contributed by atoms with Crippen LogP contribution in [0.4, 0.5) is 11.4 Å². The third kappa shape index (κ3) is 3.33. The summed E-state index contributed by atoms with van der Waals surface area (Å²) >= 11 is 1.65. The number of aromatic nitrogens is 1. The van der Waals surface area contributed by atoms with Crippen LogP contribution in [0, 0.1) is 13.8 Å². The van der Waals surface area contributed by atoms with Gasteiger partial charge in [0.15, 0.2) is 0 Å². The summed E-state index contributed by atoms with van der Waals surface area (Å²) in [6, 6.07) is 5.21. The number of carbonyl (C=O) groups is 1. The lowest BCUT2D eigenvalue weighted by molar-refractivity contribution is 0.0602. The summed E-state index contributed by atoms with van der Waals surface area (Å²) < 4.78 is 4.80. The normalized spacial score (nSPS) is 12.0. The SMILES string of the molecule is COC(=O)c1cc(N)ccc1NC(C)c1sc(C)nc1C. The van der Waals surface area contributed by atoms with Crippen LogP contribution < -0.4 is 11.1 Å². The summed E-state index contributed by atoms with van der Waals surface area (Å²) in [4.78, 5) is 17.4. The van der Waals surface area contributed by atoms with Crippen molar-refractivity contribution in [2.75, 3.05) is 18.2 Å². The van der Waals surface area contributed by atoms with Gasteiger partial charge >= 0.3 is 5.97 Å². The van der Waals surface area contributed by atoms with Crippen molar-refractivity contribution in [3.8, 4) is 0 Å². The number of anilines is 2. The highest BCUT2D eigenvalue weighted by Gasteiger charge is 2.17. The topological polar surface area (TPSA) is 77.2 Å². The van der Waals surface area contributed by atoms with E-state index in [0.29, 0.717) is 16.9 Å². The van der Waals surface area contributed by atoms with E-state index in [-0.39, 0.29) is 6.04 Å². The first-order chi connectivity index (χ1) is 9.92. The Morgan fingerprint density at radius 2 is 2.14 bits per heavy atom. The van der Waals surface area contributed by atoms with Gasteiger partial charge in [0.2, 0.25) is 0 Å². The molecule has 0 spiro atoms. The Morgan fingerprint density at radius 3 is 2.71 bits per heavy atom. The first-order valence-corrected chi connectivity index (χ1v) is 7.42. The molecule has 0 aliphatic rings. The van der Waals surface area contributed by atoms with Gasteiger partial charge in [-0.1, -0.05) is 0 Å². The Balaban J connectivity index is 2.31. The Kier molecular flexibility index (Phi) is 4.47. The smallest absolute Gasteiger partial charge is 0.340 e. The van der Waals surface area contributed by atoms with Crippen LogP contribution in [0.1, 0.15) is 38.9 Å². The number of carbonyl (C=O) groups excluding carboxylic acids is 1. The average molecular weight is 305 g/mol. The van der Waals surface area contributed by atoms with Gasteiger partial charge in [-0.15, -0.1) is 11.3 Å². The van der Waals surface area contributed by atoms with Crippen LogP contribution >= 0.6 is 11.3 Å². The van der Waals surface area contributed by atoms with Crippen molar-refractivity contribution in [2.24, 2.45) is 0 Å². The van der Waals surface area contributed by atoms with E-state index in [1.54, 1.807) is 29.5 Å². The minimum absolute atomic E-state index is 0.0447. The molecule has 21 heavy (non-hydrogen) atoms. The number of nitrogens with two attached hydrogens (primary N) is 1. The van der Waals surface area contributed by atoms with Crippen LogP contribution in [0.3, 0.4) is 0 Å². The van der Waals surface area contributed by atoms with E-state index in [1.807, 2.05) is 20.8 Å². The molecule has 1 heterocycles. The number of esters is 1. The molecule has 112 valence electrons. The van der Waals surface area contributed by atoms with E-state index >= 15 is 0 Å². The standard InChI is InChI=1S/C15H19N3O2S/c1-8-14(21-10(3)17-8)9(2)18-13-6-5-11(16)7-12(13)15(19)20-4/h5-7,9,18H,16H2,1-4H3. The summed E-state index contributed by atoms with van der Waals surface area (Å²) in [6.07, 6.45) is 0. The fourth-order valence-electron chi connectivity index (χ4n) is 2.21. The van der Waals surface area contributed by atoms with Crippen molar-refractivity contribution in [1.82, 2.24) is 4.98 Å². The molecule has 0 radical (unpaired) electrons. The van der Waals surface area contributed by atoms with E-state index in [2.05, 4.69) is 10.3 Å². The summed E-state index contributed by atoms with van der Waals surface area (Å²) in [5, 5.41) is 4.37. The van der Waals surface area contributed by atoms with E-state index in [9.17, 15) is 4.79 Å².